The number of pyridine rings is 2. The standard InChI is InChI=1S/C13H10N2/c1-9-13-11-5-3-2-4-10(11)8-15-12(13)6-7-14-9/h2-8H,1H3. The van der Waals surface area contributed by atoms with Crippen LogP contribution >= 0.6 is 0 Å². The SMILES string of the molecule is Cc1nccc2ncc3ccccc3c12. The predicted octanol–water partition coefficient (Wildman–Crippen LogP) is 3.09. The van der Waals surface area contributed by atoms with Gasteiger partial charge < -0.3 is 0 Å². The second-order valence-electron chi connectivity index (χ2n) is 3.64. The number of hydrogen-bond donors (Lipinski definition) is 0. The zero-order valence-corrected chi connectivity index (χ0v) is 8.44. The summed E-state index contributed by atoms with van der Waals surface area (Å²) in [6.07, 6.45) is 3.72. The van der Waals surface area contributed by atoms with E-state index < -0.39 is 0 Å². The molecule has 72 valence electrons. The minimum atomic E-state index is 1.02. The summed E-state index contributed by atoms with van der Waals surface area (Å²) in [5.41, 5.74) is 2.05. The van der Waals surface area contributed by atoms with Crippen molar-refractivity contribution in [3.8, 4) is 0 Å². The summed E-state index contributed by atoms with van der Waals surface area (Å²) in [6.45, 7) is 2.02. The van der Waals surface area contributed by atoms with Crippen LogP contribution in [0, 0.1) is 6.92 Å². The number of benzene rings is 1. The molecule has 0 aliphatic heterocycles. The van der Waals surface area contributed by atoms with Crippen LogP contribution in [0.1, 0.15) is 5.69 Å². The van der Waals surface area contributed by atoms with Crippen molar-refractivity contribution in [3.63, 3.8) is 0 Å². The summed E-state index contributed by atoms with van der Waals surface area (Å²) >= 11 is 0. The molecule has 0 bridgehead atoms. The van der Waals surface area contributed by atoms with Gasteiger partial charge in [-0.1, -0.05) is 24.3 Å². The van der Waals surface area contributed by atoms with E-state index in [9.17, 15) is 0 Å². The molecule has 3 rings (SSSR count). The Morgan fingerprint density at radius 3 is 2.80 bits per heavy atom. The molecule has 0 spiro atoms. The highest BCUT2D eigenvalue weighted by Crippen LogP contribution is 2.24. The molecule has 0 atom stereocenters. The lowest BCUT2D eigenvalue weighted by molar-refractivity contribution is 1.23. The van der Waals surface area contributed by atoms with Gasteiger partial charge in [0.25, 0.3) is 0 Å². The van der Waals surface area contributed by atoms with Gasteiger partial charge in [0.15, 0.2) is 0 Å². The van der Waals surface area contributed by atoms with Crippen LogP contribution in [0.3, 0.4) is 0 Å². The first-order valence-corrected chi connectivity index (χ1v) is 4.95. The van der Waals surface area contributed by atoms with Gasteiger partial charge in [0.2, 0.25) is 0 Å². The summed E-state index contributed by atoms with van der Waals surface area (Å²) in [5.74, 6) is 0. The maximum atomic E-state index is 4.43. The number of aryl methyl sites for hydroxylation is 1. The number of hydrogen-bond acceptors (Lipinski definition) is 2. The van der Waals surface area contributed by atoms with Crippen LogP contribution in [-0.2, 0) is 0 Å². The predicted molar refractivity (Wildman–Crippen MR) is 61.8 cm³/mol. The summed E-state index contributed by atoms with van der Waals surface area (Å²) in [4.78, 5) is 8.75. The normalized spacial score (nSPS) is 11.0. The lowest BCUT2D eigenvalue weighted by Crippen LogP contribution is -1.87. The van der Waals surface area contributed by atoms with Crippen molar-refractivity contribution < 1.29 is 0 Å². The average molecular weight is 194 g/mol. The molecule has 0 unspecified atom stereocenters. The van der Waals surface area contributed by atoms with E-state index in [2.05, 4.69) is 22.1 Å². The molecular weight excluding hydrogens is 184 g/mol. The summed E-state index contributed by atoms with van der Waals surface area (Å²) < 4.78 is 0. The molecule has 1 aromatic carbocycles. The second kappa shape index (κ2) is 3.02. The minimum absolute atomic E-state index is 1.02. The quantitative estimate of drug-likeness (QED) is 0.514. The Balaban J connectivity index is 2.64. The van der Waals surface area contributed by atoms with Crippen molar-refractivity contribution in [2.45, 2.75) is 6.92 Å². The maximum Gasteiger partial charge on any atom is 0.0742 e. The molecule has 2 nitrogen and oxygen atoms in total. The second-order valence-corrected chi connectivity index (χ2v) is 3.64. The zero-order chi connectivity index (χ0) is 10.3. The molecule has 0 N–H and O–H groups in total. The van der Waals surface area contributed by atoms with Crippen molar-refractivity contribution in [2.75, 3.05) is 0 Å². The molecule has 0 fully saturated rings. The Morgan fingerprint density at radius 2 is 1.87 bits per heavy atom. The lowest BCUT2D eigenvalue weighted by Gasteiger charge is -2.04. The van der Waals surface area contributed by atoms with Crippen LogP contribution in [0.4, 0.5) is 0 Å². The summed E-state index contributed by atoms with van der Waals surface area (Å²) in [7, 11) is 0. The number of fused-ring (bicyclic) bond motifs is 3. The smallest absolute Gasteiger partial charge is 0.0742 e. The monoisotopic (exact) mass is 194 g/mol. The Kier molecular flexibility index (Phi) is 1.68. The van der Waals surface area contributed by atoms with Crippen molar-refractivity contribution in [1.82, 2.24) is 9.97 Å². The van der Waals surface area contributed by atoms with E-state index in [1.165, 1.54) is 10.8 Å². The van der Waals surface area contributed by atoms with E-state index in [1.54, 1.807) is 6.20 Å². The van der Waals surface area contributed by atoms with Gasteiger partial charge in [-0.2, -0.15) is 0 Å². The van der Waals surface area contributed by atoms with Gasteiger partial charge in [0, 0.05) is 28.9 Å². The number of rotatable bonds is 0. The zero-order valence-electron chi connectivity index (χ0n) is 8.44. The van der Waals surface area contributed by atoms with Crippen LogP contribution in [0.25, 0.3) is 21.7 Å². The Bertz CT molecular complexity index is 644. The number of nitrogens with zero attached hydrogens (tertiary/aromatic N) is 2. The highest BCUT2D eigenvalue weighted by atomic mass is 14.7. The molecule has 3 aromatic rings. The molecule has 2 aromatic heterocycles. The van der Waals surface area contributed by atoms with Crippen molar-refractivity contribution in [1.29, 1.82) is 0 Å². The van der Waals surface area contributed by atoms with Gasteiger partial charge >= 0.3 is 0 Å². The van der Waals surface area contributed by atoms with Gasteiger partial charge in [-0.25, -0.2) is 0 Å². The molecule has 0 aliphatic carbocycles. The van der Waals surface area contributed by atoms with Gasteiger partial charge in [-0.15, -0.1) is 0 Å². The van der Waals surface area contributed by atoms with E-state index in [-0.39, 0.29) is 0 Å². The molecule has 0 saturated heterocycles. The van der Waals surface area contributed by atoms with Gasteiger partial charge in [0.1, 0.15) is 0 Å². The van der Waals surface area contributed by atoms with Gasteiger partial charge in [-0.3, -0.25) is 9.97 Å². The first-order valence-electron chi connectivity index (χ1n) is 4.95. The third kappa shape index (κ3) is 1.18. The Hall–Kier alpha value is -1.96. The Morgan fingerprint density at radius 1 is 1.00 bits per heavy atom. The van der Waals surface area contributed by atoms with E-state index in [4.69, 9.17) is 0 Å². The molecule has 0 amide bonds. The first kappa shape index (κ1) is 8.36. The maximum absolute atomic E-state index is 4.43. The third-order valence-electron chi connectivity index (χ3n) is 2.69. The third-order valence-corrected chi connectivity index (χ3v) is 2.69. The van der Waals surface area contributed by atoms with E-state index in [0.717, 1.165) is 16.6 Å². The fraction of sp³-hybridized carbons (Fsp3) is 0.0769. The summed E-state index contributed by atoms with van der Waals surface area (Å²) in [6, 6.07) is 10.2. The topological polar surface area (TPSA) is 25.8 Å². The van der Waals surface area contributed by atoms with E-state index in [0.29, 0.717) is 0 Å². The minimum Gasteiger partial charge on any atom is -0.261 e. The van der Waals surface area contributed by atoms with Crippen molar-refractivity contribution in [2.24, 2.45) is 0 Å². The van der Waals surface area contributed by atoms with Crippen molar-refractivity contribution in [3.05, 3.63) is 48.4 Å². The molecule has 2 heterocycles. The molecule has 0 aliphatic rings. The van der Waals surface area contributed by atoms with E-state index in [1.807, 2.05) is 31.3 Å². The largest absolute Gasteiger partial charge is 0.261 e. The fourth-order valence-electron chi connectivity index (χ4n) is 1.97. The van der Waals surface area contributed by atoms with Gasteiger partial charge in [0.05, 0.1) is 5.52 Å². The molecule has 2 heteroatoms. The Labute approximate surface area is 87.6 Å². The van der Waals surface area contributed by atoms with E-state index >= 15 is 0 Å². The highest BCUT2D eigenvalue weighted by Gasteiger charge is 2.03. The fourth-order valence-corrected chi connectivity index (χ4v) is 1.97. The van der Waals surface area contributed by atoms with Crippen molar-refractivity contribution >= 4 is 21.7 Å². The number of aromatic nitrogens is 2. The highest BCUT2D eigenvalue weighted by molar-refractivity contribution is 6.06. The van der Waals surface area contributed by atoms with Crippen LogP contribution in [0.15, 0.2) is 42.7 Å². The summed E-state index contributed by atoms with van der Waals surface area (Å²) in [5, 5.41) is 3.56. The van der Waals surface area contributed by atoms with Crippen LogP contribution in [0.2, 0.25) is 0 Å². The van der Waals surface area contributed by atoms with Crippen LogP contribution in [-0.4, -0.2) is 9.97 Å². The average Bonchev–Trinajstić information content (AvgIpc) is 2.29. The van der Waals surface area contributed by atoms with Crippen LogP contribution < -0.4 is 0 Å². The molecule has 0 radical (unpaired) electrons. The molecular formula is C13H10N2. The molecule has 15 heavy (non-hydrogen) atoms. The van der Waals surface area contributed by atoms with Crippen LogP contribution in [0.5, 0.6) is 0 Å². The van der Waals surface area contributed by atoms with Gasteiger partial charge in [-0.05, 0) is 18.4 Å². The lowest BCUT2D eigenvalue weighted by atomic mass is 10.1. The first-order chi connectivity index (χ1) is 7.36. The molecule has 0 saturated carbocycles.